The van der Waals surface area contributed by atoms with Crippen LogP contribution >= 0.6 is 0 Å². The van der Waals surface area contributed by atoms with E-state index in [0.29, 0.717) is 19.0 Å². The predicted molar refractivity (Wildman–Crippen MR) is 83.4 cm³/mol. The normalized spacial score (nSPS) is 20.8. The molecule has 7 heteroatoms. The Labute approximate surface area is 127 Å². The zero-order valence-electron chi connectivity index (χ0n) is 13.0. The van der Waals surface area contributed by atoms with E-state index in [1.54, 1.807) is 4.31 Å². The van der Waals surface area contributed by atoms with E-state index in [4.69, 9.17) is 0 Å². The third-order valence-electron chi connectivity index (χ3n) is 3.82. The number of nitrogens with zero attached hydrogens (tertiary/aromatic N) is 3. The molecule has 1 saturated heterocycles. The van der Waals surface area contributed by atoms with E-state index in [0.717, 1.165) is 44.6 Å². The van der Waals surface area contributed by atoms with Crippen molar-refractivity contribution in [2.24, 2.45) is 5.92 Å². The highest BCUT2D eigenvalue weighted by atomic mass is 32.2. The first-order valence-electron chi connectivity index (χ1n) is 7.67. The highest BCUT2D eigenvalue weighted by Gasteiger charge is 2.26. The van der Waals surface area contributed by atoms with E-state index >= 15 is 0 Å². The molecule has 0 aliphatic carbocycles. The Balaban J connectivity index is 1.86. The Morgan fingerprint density at radius 3 is 3.00 bits per heavy atom. The molecule has 1 aromatic heterocycles. The minimum Gasteiger partial charge on any atom is -0.311 e. The highest BCUT2D eigenvalue weighted by molar-refractivity contribution is 7.88. The van der Waals surface area contributed by atoms with E-state index in [-0.39, 0.29) is 0 Å². The van der Waals surface area contributed by atoms with Gasteiger partial charge in [-0.05, 0) is 37.8 Å². The maximum Gasteiger partial charge on any atom is 0.211 e. The maximum absolute atomic E-state index is 11.6. The van der Waals surface area contributed by atoms with Gasteiger partial charge in [-0.3, -0.25) is 4.68 Å². The molecule has 1 N–H and O–H groups in total. The summed E-state index contributed by atoms with van der Waals surface area (Å²) in [5, 5.41) is 7.88. The molecule has 1 aliphatic rings. The molecule has 1 aromatic rings. The van der Waals surface area contributed by atoms with Gasteiger partial charge in [-0.25, -0.2) is 12.7 Å². The summed E-state index contributed by atoms with van der Waals surface area (Å²) in [5.41, 5.74) is 1.04. The van der Waals surface area contributed by atoms with Crippen LogP contribution in [0.15, 0.2) is 12.3 Å². The molecule has 1 unspecified atom stereocenters. The van der Waals surface area contributed by atoms with Gasteiger partial charge in [-0.2, -0.15) is 5.10 Å². The lowest BCUT2D eigenvalue weighted by Crippen LogP contribution is -2.40. The monoisotopic (exact) mass is 314 g/mol. The van der Waals surface area contributed by atoms with Crippen LogP contribution in [0.25, 0.3) is 0 Å². The van der Waals surface area contributed by atoms with Crippen LogP contribution in [0.2, 0.25) is 0 Å². The van der Waals surface area contributed by atoms with Crippen LogP contribution in [0.3, 0.4) is 0 Å². The molecule has 0 radical (unpaired) electrons. The summed E-state index contributed by atoms with van der Waals surface area (Å²) in [6.45, 7) is 5.99. The molecule has 0 bridgehead atoms. The summed E-state index contributed by atoms with van der Waals surface area (Å²) in [6, 6.07) is 2.03. The Morgan fingerprint density at radius 1 is 1.48 bits per heavy atom. The molecule has 0 aromatic carbocycles. The number of hydrogen-bond donors (Lipinski definition) is 1. The van der Waals surface area contributed by atoms with Crippen LogP contribution in [0.1, 0.15) is 31.9 Å². The van der Waals surface area contributed by atoms with E-state index in [1.165, 1.54) is 6.26 Å². The van der Waals surface area contributed by atoms with Crippen molar-refractivity contribution in [1.29, 1.82) is 0 Å². The molecule has 1 fully saturated rings. The number of rotatable bonds is 7. The lowest BCUT2D eigenvalue weighted by Gasteiger charge is -2.30. The van der Waals surface area contributed by atoms with Crippen LogP contribution in [0.5, 0.6) is 0 Å². The Morgan fingerprint density at radius 2 is 2.29 bits per heavy atom. The minimum atomic E-state index is -3.07. The second-order valence-corrected chi connectivity index (χ2v) is 7.82. The number of hydrogen-bond acceptors (Lipinski definition) is 4. The number of sulfonamides is 1. The number of nitrogens with one attached hydrogen (secondary N) is 1. The first kappa shape index (κ1) is 16.5. The zero-order chi connectivity index (χ0) is 15.3. The maximum atomic E-state index is 11.6. The molecule has 0 saturated carbocycles. The zero-order valence-corrected chi connectivity index (χ0v) is 13.8. The fourth-order valence-electron chi connectivity index (χ4n) is 2.73. The molecule has 21 heavy (non-hydrogen) atoms. The third-order valence-corrected chi connectivity index (χ3v) is 5.09. The molecule has 2 rings (SSSR count). The van der Waals surface area contributed by atoms with Gasteiger partial charge in [0.1, 0.15) is 0 Å². The highest BCUT2D eigenvalue weighted by Crippen LogP contribution is 2.20. The van der Waals surface area contributed by atoms with Gasteiger partial charge in [0.2, 0.25) is 10.0 Å². The summed E-state index contributed by atoms with van der Waals surface area (Å²) in [4.78, 5) is 0. The van der Waals surface area contributed by atoms with E-state index in [2.05, 4.69) is 17.3 Å². The smallest absolute Gasteiger partial charge is 0.211 e. The third kappa shape index (κ3) is 5.09. The molecular weight excluding hydrogens is 288 g/mol. The van der Waals surface area contributed by atoms with Gasteiger partial charge in [0, 0.05) is 32.4 Å². The van der Waals surface area contributed by atoms with Crippen molar-refractivity contribution in [3.63, 3.8) is 0 Å². The first-order valence-corrected chi connectivity index (χ1v) is 9.52. The van der Waals surface area contributed by atoms with Gasteiger partial charge in [0.05, 0.1) is 11.9 Å². The van der Waals surface area contributed by atoms with Crippen molar-refractivity contribution in [2.45, 2.75) is 39.3 Å². The molecule has 120 valence electrons. The van der Waals surface area contributed by atoms with Crippen molar-refractivity contribution in [1.82, 2.24) is 19.4 Å². The van der Waals surface area contributed by atoms with Gasteiger partial charge >= 0.3 is 0 Å². The summed E-state index contributed by atoms with van der Waals surface area (Å²) in [5.74, 6) is 0.352. The van der Waals surface area contributed by atoms with Gasteiger partial charge < -0.3 is 5.32 Å². The minimum absolute atomic E-state index is 0.352. The lowest BCUT2D eigenvalue weighted by molar-refractivity contribution is 0.240. The van der Waals surface area contributed by atoms with Gasteiger partial charge in [-0.1, -0.05) is 6.92 Å². The number of piperidine rings is 1. The largest absolute Gasteiger partial charge is 0.311 e. The second kappa shape index (κ2) is 7.38. The Kier molecular flexibility index (Phi) is 5.78. The molecule has 1 atom stereocenters. The average molecular weight is 314 g/mol. The van der Waals surface area contributed by atoms with Crippen LogP contribution < -0.4 is 5.32 Å². The molecular formula is C14H26N4O2S. The fourth-order valence-corrected chi connectivity index (χ4v) is 3.68. The van der Waals surface area contributed by atoms with E-state index in [1.807, 2.05) is 16.9 Å². The topological polar surface area (TPSA) is 67.2 Å². The van der Waals surface area contributed by atoms with Crippen LogP contribution in [0.4, 0.5) is 0 Å². The SMILES string of the molecule is CCCNCc1ccn(CC2CCCN(S(C)(=O)=O)C2)n1. The molecule has 6 nitrogen and oxygen atoms in total. The lowest BCUT2D eigenvalue weighted by atomic mass is 10.00. The second-order valence-electron chi connectivity index (χ2n) is 5.84. The summed E-state index contributed by atoms with van der Waals surface area (Å²) < 4.78 is 26.8. The Hall–Kier alpha value is -0.920. The summed E-state index contributed by atoms with van der Waals surface area (Å²) in [7, 11) is -3.07. The van der Waals surface area contributed by atoms with Crippen LogP contribution in [-0.2, 0) is 23.1 Å². The quantitative estimate of drug-likeness (QED) is 0.764. The molecule has 0 spiro atoms. The standard InChI is InChI=1S/C14H26N4O2S/c1-3-7-15-10-14-6-9-17(16-14)11-13-5-4-8-18(12-13)21(2,19)20/h6,9,13,15H,3-5,7-8,10-12H2,1-2H3. The summed E-state index contributed by atoms with van der Waals surface area (Å²) >= 11 is 0. The van der Waals surface area contributed by atoms with Crippen LogP contribution in [0, 0.1) is 5.92 Å². The van der Waals surface area contributed by atoms with Crippen molar-refractivity contribution < 1.29 is 8.42 Å². The predicted octanol–water partition coefficient (Wildman–Crippen LogP) is 1.05. The number of aromatic nitrogens is 2. The average Bonchev–Trinajstić information content (AvgIpc) is 2.86. The first-order chi connectivity index (χ1) is 9.99. The fraction of sp³-hybridized carbons (Fsp3) is 0.786. The van der Waals surface area contributed by atoms with Gasteiger partial charge in [0.15, 0.2) is 0 Å². The van der Waals surface area contributed by atoms with Crippen LogP contribution in [-0.4, -0.2) is 48.4 Å². The van der Waals surface area contributed by atoms with E-state index < -0.39 is 10.0 Å². The summed E-state index contributed by atoms with van der Waals surface area (Å²) in [6.07, 6.45) is 6.40. The molecule has 1 aliphatic heterocycles. The Bertz CT molecular complexity index is 541. The van der Waals surface area contributed by atoms with Crippen molar-refractivity contribution >= 4 is 10.0 Å². The van der Waals surface area contributed by atoms with Gasteiger partial charge in [0.25, 0.3) is 0 Å². The van der Waals surface area contributed by atoms with Gasteiger partial charge in [-0.15, -0.1) is 0 Å². The molecule has 2 heterocycles. The van der Waals surface area contributed by atoms with E-state index in [9.17, 15) is 8.42 Å². The van der Waals surface area contributed by atoms with Crippen molar-refractivity contribution in [3.05, 3.63) is 18.0 Å². The van der Waals surface area contributed by atoms with Crippen molar-refractivity contribution in [2.75, 3.05) is 25.9 Å². The van der Waals surface area contributed by atoms with Crippen molar-refractivity contribution in [3.8, 4) is 0 Å². The molecule has 0 amide bonds.